The fourth-order valence-electron chi connectivity index (χ4n) is 3.40. The van der Waals surface area contributed by atoms with E-state index in [0.717, 1.165) is 11.1 Å². The number of hydrogen-bond donors (Lipinski definition) is 3. The Hall–Kier alpha value is -2.89. The molecule has 3 N–H and O–H groups in total. The van der Waals surface area contributed by atoms with E-state index in [0.29, 0.717) is 29.8 Å². The predicted octanol–water partition coefficient (Wildman–Crippen LogP) is 4.67. The smallest absolute Gasteiger partial charge is 0.323 e. The molecule has 1 heterocycles. The first-order valence-corrected chi connectivity index (χ1v) is 9.07. The second-order valence-corrected chi connectivity index (χ2v) is 7.19. The van der Waals surface area contributed by atoms with E-state index < -0.39 is 17.9 Å². The molecule has 1 fully saturated rings. The number of rotatable bonds is 3. The third kappa shape index (κ3) is 4.45. The van der Waals surface area contributed by atoms with E-state index in [9.17, 15) is 14.0 Å². The van der Waals surface area contributed by atoms with Crippen LogP contribution < -0.4 is 16.0 Å². The Balaban J connectivity index is 1.75. The molecule has 6 heteroatoms. The first kappa shape index (κ1) is 18.9. The van der Waals surface area contributed by atoms with E-state index in [2.05, 4.69) is 16.0 Å². The molecule has 5 nitrogen and oxygen atoms in total. The van der Waals surface area contributed by atoms with Crippen molar-refractivity contribution in [2.45, 2.75) is 39.7 Å². The van der Waals surface area contributed by atoms with Crippen LogP contribution in [0.5, 0.6) is 0 Å². The number of carbonyl (C=O) groups excluding carboxylic acids is 2. The van der Waals surface area contributed by atoms with Gasteiger partial charge in [0.05, 0.1) is 6.04 Å². The van der Waals surface area contributed by atoms with E-state index in [4.69, 9.17) is 0 Å². The van der Waals surface area contributed by atoms with Crippen molar-refractivity contribution in [2.75, 3.05) is 10.6 Å². The van der Waals surface area contributed by atoms with E-state index in [-0.39, 0.29) is 11.8 Å². The van der Waals surface area contributed by atoms with Crippen molar-refractivity contribution in [2.24, 2.45) is 5.92 Å². The van der Waals surface area contributed by atoms with Gasteiger partial charge in [-0.3, -0.25) is 4.79 Å². The van der Waals surface area contributed by atoms with Gasteiger partial charge in [0.25, 0.3) is 0 Å². The van der Waals surface area contributed by atoms with Crippen molar-refractivity contribution in [1.82, 2.24) is 5.32 Å². The molecule has 2 aromatic carbocycles. The largest absolute Gasteiger partial charge is 0.349 e. The first-order chi connectivity index (χ1) is 12.8. The number of aryl methyl sites for hydroxylation is 2. The highest BCUT2D eigenvalue weighted by Gasteiger charge is 2.28. The van der Waals surface area contributed by atoms with Crippen LogP contribution in [-0.4, -0.2) is 11.9 Å². The minimum Gasteiger partial charge on any atom is -0.349 e. The Morgan fingerprint density at radius 3 is 2.67 bits per heavy atom. The van der Waals surface area contributed by atoms with E-state index in [1.165, 1.54) is 12.1 Å². The summed E-state index contributed by atoms with van der Waals surface area (Å²) in [5.74, 6) is -0.352. The van der Waals surface area contributed by atoms with Gasteiger partial charge in [0.2, 0.25) is 5.91 Å². The molecule has 3 rings (SSSR count). The normalized spacial score (nSPS) is 19.3. The summed E-state index contributed by atoms with van der Waals surface area (Å²) in [4.78, 5) is 24.0. The van der Waals surface area contributed by atoms with Crippen molar-refractivity contribution in [3.63, 3.8) is 0 Å². The Kier molecular flexibility index (Phi) is 5.44. The fraction of sp³-hybridized carbons (Fsp3) is 0.333. The summed E-state index contributed by atoms with van der Waals surface area (Å²) >= 11 is 0. The molecule has 1 aliphatic heterocycles. The van der Waals surface area contributed by atoms with Crippen LogP contribution in [0.1, 0.15) is 42.5 Å². The number of halogens is 1. The van der Waals surface area contributed by atoms with Crippen molar-refractivity contribution in [1.29, 1.82) is 0 Å². The zero-order chi connectivity index (χ0) is 19.6. The van der Waals surface area contributed by atoms with E-state index >= 15 is 0 Å². The topological polar surface area (TPSA) is 70.2 Å². The maximum absolute atomic E-state index is 14.3. The quantitative estimate of drug-likeness (QED) is 0.735. The second kappa shape index (κ2) is 7.78. The van der Waals surface area contributed by atoms with Gasteiger partial charge in [-0.15, -0.1) is 0 Å². The van der Waals surface area contributed by atoms with Crippen LogP contribution in [0.15, 0.2) is 36.4 Å². The van der Waals surface area contributed by atoms with Crippen LogP contribution in [0.25, 0.3) is 0 Å². The second-order valence-electron chi connectivity index (χ2n) is 7.19. The van der Waals surface area contributed by atoms with E-state index in [1.807, 2.05) is 39.0 Å². The molecular formula is C21H24FN3O2. The van der Waals surface area contributed by atoms with Gasteiger partial charge in [0, 0.05) is 23.4 Å². The molecule has 27 heavy (non-hydrogen) atoms. The molecule has 0 bridgehead atoms. The highest BCUT2D eigenvalue weighted by molar-refractivity contribution is 6.00. The number of benzene rings is 2. The van der Waals surface area contributed by atoms with Crippen molar-refractivity contribution < 1.29 is 14.0 Å². The lowest BCUT2D eigenvalue weighted by molar-refractivity contribution is -0.124. The van der Waals surface area contributed by atoms with Gasteiger partial charge >= 0.3 is 6.03 Å². The molecule has 1 aliphatic rings. The molecule has 0 saturated carbocycles. The highest BCUT2D eigenvalue weighted by Crippen LogP contribution is 2.32. The van der Waals surface area contributed by atoms with Crippen LogP contribution in [0, 0.1) is 25.6 Å². The molecule has 142 valence electrons. The monoisotopic (exact) mass is 369 g/mol. The lowest BCUT2D eigenvalue weighted by Gasteiger charge is -2.30. The number of nitrogens with one attached hydrogen (secondary N) is 3. The summed E-state index contributed by atoms with van der Waals surface area (Å²) in [5.41, 5.74) is 3.66. The number of anilines is 2. The Bertz CT molecular complexity index is 882. The fourth-order valence-corrected chi connectivity index (χ4v) is 3.40. The standard InChI is InChI=1S/C21H24FN3O2/c1-12-4-8-18(14(3)10-12)24-21(27)23-15-6-7-17(22)16(11-15)20-13(2)5-9-19(26)25-20/h4,6-8,10-11,13,20H,5,9H2,1-3H3,(H,25,26)(H2,23,24,27). The summed E-state index contributed by atoms with van der Waals surface area (Å²) < 4.78 is 14.3. The maximum atomic E-state index is 14.3. The van der Waals surface area contributed by atoms with Gasteiger partial charge in [-0.25, -0.2) is 9.18 Å². The Morgan fingerprint density at radius 2 is 1.93 bits per heavy atom. The number of piperidine rings is 1. The minimum atomic E-state index is -0.403. The maximum Gasteiger partial charge on any atom is 0.323 e. The van der Waals surface area contributed by atoms with Crippen LogP contribution >= 0.6 is 0 Å². The van der Waals surface area contributed by atoms with Crippen LogP contribution in [0.3, 0.4) is 0 Å². The molecule has 0 aromatic heterocycles. The Morgan fingerprint density at radius 1 is 1.15 bits per heavy atom. The van der Waals surface area contributed by atoms with Gasteiger partial charge < -0.3 is 16.0 Å². The predicted molar refractivity (Wildman–Crippen MR) is 104 cm³/mol. The summed E-state index contributed by atoms with van der Waals surface area (Å²) in [6.07, 6.45) is 1.16. The first-order valence-electron chi connectivity index (χ1n) is 9.07. The number of carbonyl (C=O) groups is 2. The molecule has 0 aliphatic carbocycles. The summed E-state index contributed by atoms with van der Waals surface area (Å²) in [7, 11) is 0. The number of hydrogen-bond acceptors (Lipinski definition) is 2. The highest BCUT2D eigenvalue weighted by atomic mass is 19.1. The molecule has 1 saturated heterocycles. The average molecular weight is 369 g/mol. The third-order valence-corrected chi connectivity index (χ3v) is 4.93. The molecule has 3 amide bonds. The SMILES string of the molecule is Cc1ccc(NC(=O)Nc2ccc(F)c(C3NC(=O)CCC3C)c2)c(C)c1. The van der Waals surface area contributed by atoms with Crippen LogP contribution in [-0.2, 0) is 4.79 Å². The molecule has 2 unspecified atom stereocenters. The third-order valence-electron chi connectivity index (χ3n) is 4.93. The van der Waals surface area contributed by atoms with Gasteiger partial charge in [0.15, 0.2) is 0 Å². The van der Waals surface area contributed by atoms with Crippen LogP contribution in [0.4, 0.5) is 20.6 Å². The zero-order valence-electron chi connectivity index (χ0n) is 15.7. The molecule has 2 atom stereocenters. The van der Waals surface area contributed by atoms with Crippen molar-refractivity contribution in [3.05, 3.63) is 58.9 Å². The zero-order valence-corrected chi connectivity index (χ0v) is 15.7. The Labute approximate surface area is 158 Å². The molecule has 0 spiro atoms. The summed E-state index contributed by atoms with van der Waals surface area (Å²) in [6.45, 7) is 5.89. The van der Waals surface area contributed by atoms with Gasteiger partial charge in [-0.1, -0.05) is 24.6 Å². The summed E-state index contributed by atoms with van der Waals surface area (Å²) in [5, 5.41) is 8.39. The van der Waals surface area contributed by atoms with E-state index in [1.54, 1.807) is 6.07 Å². The molecule has 2 aromatic rings. The average Bonchev–Trinajstić information content (AvgIpc) is 2.61. The van der Waals surface area contributed by atoms with Crippen LogP contribution in [0.2, 0.25) is 0 Å². The lowest BCUT2D eigenvalue weighted by Crippen LogP contribution is -2.37. The number of amides is 3. The summed E-state index contributed by atoms with van der Waals surface area (Å²) in [6, 6.07) is 9.37. The van der Waals surface area contributed by atoms with Gasteiger partial charge in [-0.2, -0.15) is 0 Å². The lowest BCUT2D eigenvalue weighted by atomic mass is 9.87. The number of urea groups is 1. The van der Waals surface area contributed by atoms with Crippen molar-refractivity contribution in [3.8, 4) is 0 Å². The minimum absolute atomic E-state index is 0.0801. The van der Waals surface area contributed by atoms with Crippen molar-refractivity contribution >= 4 is 23.3 Å². The van der Waals surface area contributed by atoms with Gasteiger partial charge in [0.1, 0.15) is 5.82 Å². The molecule has 0 radical (unpaired) electrons. The van der Waals surface area contributed by atoms with Gasteiger partial charge in [-0.05, 0) is 56.0 Å². The molecular weight excluding hydrogens is 345 g/mol.